The Labute approximate surface area is 71.5 Å². The van der Waals surface area contributed by atoms with Crippen LogP contribution < -0.4 is 0 Å². The van der Waals surface area contributed by atoms with Crippen molar-refractivity contribution in [3.63, 3.8) is 0 Å². The molecule has 2 N–H and O–H groups in total. The van der Waals surface area contributed by atoms with E-state index in [0.717, 1.165) is 0 Å². The molecule has 6 nitrogen and oxygen atoms in total. The summed E-state index contributed by atoms with van der Waals surface area (Å²) in [6.45, 7) is 0. The standard InChI is InChI=1S/C7H4N2O4/c10-4-3-1-8-2-9-6(3)13-5(4)7(11)12/h1-2,10H,(H,11,12). The van der Waals surface area contributed by atoms with Crippen molar-refractivity contribution in [2.75, 3.05) is 0 Å². The van der Waals surface area contributed by atoms with Crippen molar-refractivity contribution in [2.24, 2.45) is 0 Å². The Kier molecular flexibility index (Phi) is 1.42. The van der Waals surface area contributed by atoms with E-state index in [-0.39, 0.29) is 11.1 Å². The molecule has 0 saturated carbocycles. The first-order valence-corrected chi connectivity index (χ1v) is 3.35. The lowest BCUT2D eigenvalue weighted by molar-refractivity contribution is 0.0660. The molecule has 13 heavy (non-hydrogen) atoms. The minimum Gasteiger partial charge on any atom is -0.503 e. The van der Waals surface area contributed by atoms with Gasteiger partial charge >= 0.3 is 5.97 Å². The zero-order valence-corrected chi connectivity index (χ0v) is 6.26. The van der Waals surface area contributed by atoms with Gasteiger partial charge in [-0.05, 0) is 0 Å². The number of carbonyl (C=O) groups is 1. The van der Waals surface area contributed by atoms with Crippen LogP contribution in [-0.4, -0.2) is 26.2 Å². The van der Waals surface area contributed by atoms with E-state index >= 15 is 0 Å². The van der Waals surface area contributed by atoms with Crippen molar-refractivity contribution in [3.8, 4) is 5.75 Å². The minimum atomic E-state index is -1.34. The molecule has 0 saturated heterocycles. The molecule has 0 bridgehead atoms. The van der Waals surface area contributed by atoms with Crippen LogP contribution in [0.3, 0.4) is 0 Å². The first-order chi connectivity index (χ1) is 6.20. The zero-order valence-electron chi connectivity index (χ0n) is 6.26. The van der Waals surface area contributed by atoms with E-state index in [2.05, 4.69) is 9.97 Å². The smallest absolute Gasteiger partial charge is 0.375 e. The van der Waals surface area contributed by atoms with Gasteiger partial charge in [-0.2, -0.15) is 0 Å². The van der Waals surface area contributed by atoms with Crippen LogP contribution in [0.1, 0.15) is 10.6 Å². The lowest BCUT2D eigenvalue weighted by Crippen LogP contribution is -1.92. The summed E-state index contributed by atoms with van der Waals surface area (Å²) in [5.41, 5.74) is 0.0601. The number of rotatable bonds is 1. The molecule has 0 spiro atoms. The fourth-order valence-electron chi connectivity index (χ4n) is 0.974. The maximum Gasteiger partial charge on any atom is 0.375 e. The molecule has 2 aromatic heterocycles. The predicted molar refractivity (Wildman–Crippen MR) is 40.4 cm³/mol. The molecule has 0 amide bonds. The van der Waals surface area contributed by atoms with Gasteiger partial charge in [0.15, 0.2) is 5.75 Å². The van der Waals surface area contributed by atoms with Crippen molar-refractivity contribution in [1.29, 1.82) is 0 Å². The van der Waals surface area contributed by atoms with Gasteiger partial charge in [0.25, 0.3) is 5.76 Å². The molecule has 6 heteroatoms. The summed E-state index contributed by atoms with van der Waals surface area (Å²) in [4.78, 5) is 17.8. The number of fused-ring (bicyclic) bond motifs is 1. The summed E-state index contributed by atoms with van der Waals surface area (Å²) in [7, 11) is 0. The summed E-state index contributed by atoms with van der Waals surface area (Å²) < 4.78 is 4.76. The van der Waals surface area contributed by atoms with E-state index in [1.54, 1.807) is 0 Å². The van der Waals surface area contributed by atoms with Crippen LogP contribution in [0.5, 0.6) is 5.75 Å². The monoisotopic (exact) mass is 180 g/mol. The summed E-state index contributed by atoms with van der Waals surface area (Å²) >= 11 is 0. The van der Waals surface area contributed by atoms with Crippen LogP contribution in [0.4, 0.5) is 0 Å². The van der Waals surface area contributed by atoms with Crippen molar-refractivity contribution < 1.29 is 19.4 Å². The molecule has 0 radical (unpaired) electrons. The number of carboxylic acids is 1. The molecular weight excluding hydrogens is 176 g/mol. The van der Waals surface area contributed by atoms with Crippen LogP contribution in [0.15, 0.2) is 16.9 Å². The Morgan fingerprint density at radius 2 is 2.31 bits per heavy atom. The molecule has 0 aliphatic carbocycles. The molecule has 0 aromatic carbocycles. The molecule has 0 atom stereocenters. The topological polar surface area (TPSA) is 96.5 Å². The Morgan fingerprint density at radius 3 is 2.92 bits per heavy atom. The van der Waals surface area contributed by atoms with Gasteiger partial charge in [0.2, 0.25) is 5.71 Å². The van der Waals surface area contributed by atoms with Gasteiger partial charge in [0.1, 0.15) is 11.7 Å². The van der Waals surface area contributed by atoms with Crippen molar-refractivity contribution in [3.05, 3.63) is 18.3 Å². The van der Waals surface area contributed by atoms with Crippen molar-refractivity contribution in [2.45, 2.75) is 0 Å². The third-order valence-electron chi connectivity index (χ3n) is 1.54. The molecule has 0 aliphatic rings. The van der Waals surface area contributed by atoms with E-state index in [1.165, 1.54) is 12.5 Å². The van der Waals surface area contributed by atoms with Crippen LogP contribution in [0.25, 0.3) is 11.1 Å². The molecule has 0 fully saturated rings. The van der Waals surface area contributed by atoms with Gasteiger partial charge in [-0.15, -0.1) is 0 Å². The molecule has 0 unspecified atom stereocenters. The number of nitrogens with zero attached hydrogens (tertiary/aromatic N) is 2. The summed E-state index contributed by atoms with van der Waals surface area (Å²) in [5, 5.41) is 18.1. The highest BCUT2D eigenvalue weighted by Gasteiger charge is 2.19. The van der Waals surface area contributed by atoms with Crippen LogP contribution >= 0.6 is 0 Å². The second kappa shape index (κ2) is 2.44. The normalized spacial score (nSPS) is 10.5. The van der Waals surface area contributed by atoms with E-state index in [0.29, 0.717) is 0 Å². The number of hydrogen-bond acceptors (Lipinski definition) is 5. The Bertz CT molecular complexity index is 476. The minimum absolute atomic E-state index is 0.0601. The van der Waals surface area contributed by atoms with Gasteiger partial charge < -0.3 is 14.6 Å². The van der Waals surface area contributed by atoms with Gasteiger partial charge in [-0.25, -0.2) is 14.8 Å². The third kappa shape index (κ3) is 0.994. The van der Waals surface area contributed by atoms with Gasteiger partial charge in [-0.3, -0.25) is 0 Å². The highest BCUT2D eigenvalue weighted by atomic mass is 16.4. The first-order valence-electron chi connectivity index (χ1n) is 3.35. The molecule has 0 aliphatic heterocycles. The van der Waals surface area contributed by atoms with Crippen molar-refractivity contribution in [1.82, 2.24) is 9.97 Å². The van der Waals surface area contributed by atoms with E-state index in [1.807, 2.05) is 0 Å². The number of aromatic hydroxyl groups is 1. The van der Waals surface area contributed by atoms with E-state index in [4.69, 9.17) is 9.52 Å². The van der Waals surface area contributed by atoms with Gasteiger partial charge in [-0.1, -0.05) is 0 Å². The second-order valence-electron chi connectivity index (χ2n) is 2.33. The van der Waals surface area contributed by atoms with Gasteiger partial charge in [0.05, 0.1) is 0 Å². The van der Waals surface area contributed by atoms with Crippen molar-refractivity contribution >= 4 is 17.1 Å². The summed E-state index contributed by atoms with van der Waals surface area (Å²) in [5.74, 6) is -2.30. The highest BCUT2D eigenvalue weighted by Crippen LogP contribution is 2.29. The largest absolute Gasteiger partial charge is 0.503 e. The zero-order chi connectivity index (χ0) is 9.42. The molecule has 66 valence electrons. The van der Waals surface area contributed by atoms with Crippen LogP contribution in [0.2, 0.25) is 0 Å². The Hall–Kier alpha value is -2.11. The lowest BCUT2D eigenvalue weighted by Gasteiger charge is -1.85. The first kappa shape index (κ1) is 7.53. The fourth-order valence-corrected chi connectivity index (χ4v) is 0.974. The maximum atomic E-state index is 10.5. The highest BCUT2D eigenvalue weighted by molar-refractivity contribution is 5.96. The number of carboxylic acid groups (broad SMARTS) is 1. The third-order valence-corrected chi connectivity index (χ3v) is 1.54. The molecule has 2 heterocycles. The quantitative estimate of drug-likeness (QED) is 0.667. The number of aromatic carboxylic acids is 1. The Morgan fingerprint density at radius 1 is 1.54 bits per heavy atom. The maximum absolute atomic E-state index is 10.5. The number of aromatic nitrogens is 2. The summed E-state index contributed by atoms with van der Waals surface area (Å²) in [6.07, 6.45) is 2.49. The second-order valence-corrected chi connectivity index (χ2v) is 2.33. The Balaban J connectivity index is 2.81. The average Bonchev–Trinajstić information content (AvgIpc) is 2.45. The number of hydrogen-bond donors (Lipinski definition) is 2. The van der Waals surface area contributed by atoms with E-state index in [9.17, 15) is 9.90 Å². The predicted octanol–water partition coefficient (Wildman–Crippen LogP) is 0.627. The molecule has 2 aromatic rings. The molecular formula is C7H4N2O4. The lowest BCUT2D eigenvalue weighted by atomic mass is 10.3. The number of furan rings is 1. The van der Waals surface area contributed by atoms with Crippen LogP contribution in [-0.2, 0) is 0 Å². The van der Waals surface area contributed by atoms with E-state index < -0.39 is 17.5 Å². The van der Waals surface area contributed by atoms with Crippen LogP contribution in [0, 0.1) is 0 Å². The summed E-state index contributed by atoms with van der Waals surface area (Å²) in [6, 6.07) is 0. The fraction of sp³-hybridized carbons (Fsp3) is 0. The van der Waals surface area contributed by atoms with Gasteiger partial charge in [0, 0.05) is 6.20 Å². The SMILES string of the molecule is O=C(O)c1oc2ncncc2c1O. The molecule has 2 rings (SSSR count). The average molecular weight is 180 g/mol.